The van der Waals surface area contributed by atoms with Gasteiger partial charge in [-0.25, -0.2) is 4.98 Å². The average Bonchev–Trinajstić information content (AvgIpc) is 2.71. The summed E-state index contributed by atoms with van der Waals surface area (Å²) in [7, 11) is 1.60. The van der Waals surface area contributed by atoms with Crippen molar-refractivity contribution in [3.63, 3.8) is 0 Å². The van der Waals surface area contributed by atoms with Crippen LogP contribution in [0.3, 0.4) is 0 Å². The molecule has 0 aliphatic heterocycles. The van der Waals surface area contributed by atoms with Crippen LogP contribution < -0.4 is 4.74 Å². The monoisotopic (exact) mass is 257 g/mol. The van der Waals surface area contributed by atoms with Gasteiger partial charge < -0.3 is 9.30 Å². The number of ether oxygens (including phenoxy) is 1. The van der Waals surface area contributed by atoms with E-state index in [-0.39, 0.29) is 0 Å². The Morgan fingerprint density at radius 1 is 1.37 bits per heavy atom. The molecule has 0 unspecified atom stereocenters. The Bertz CT molecular complexity index is 582. The van der Waals surface area contributed by atoms with Crippen LogP contribution in [0.1, 0.15) is 23.9 Å². The number of methoxy groups -OCH3 is 1. The van der Waals surface area contributed by atoms with Crippen molar-refractivity contribution in [2.45, 2.75) is 27.3 Å². The summed E-state index contributed by atoms with van der Waals surface area (Å²) < 4.78 is 7.29. The molecule has 4 nitrogen and oxygen atoms in total. The van der Waals surface area contributed by atoms with E-state index in [1.54, 1.807) is 13.3 Å². The standard InChI is InChI=1S/C15H19N3O/c1-5-18-11(2)8-13(12(18)3)9-16-14-6-7-15(19-4)17-10-14/h6-10H,5H2,1-4H3. The third-order valence-electron chi connectivity index (χ3n) is 3.21. The van der Waals surface area contributed by atoms with Crippen LogP contribution in [-0.4, -0.2) is 22.9 Å². The molecule has 0 aliphatic carbocycles. The van der Waals surface area contributed by atoms with Gasteiger partial charge in [0.05, 0.1) is 19.0 Å². The number of aliphatic imine (C=N–C) groups is 1. The zero-order valence-electron chi connectivity index (χ0n) is 11.8. The molecule has 0 atom stereocenters. The van der Waals surface area contributed by atoms with Crippen molar-refractivity contribution in [3.05, 3.63) is 41.3 Å². The maximum atomic E-state index is 5.02. The van der Waals surface area contributed by atoms with E-state index in [1.165, 1.54) is 11.4 Å². The van der Waals surface area contributed by atoms with E-state index in [2.05, 4.69) is 41.4 Å². The number of hydrogen-bond donors (Lipinski definition) is 0. The lowest BCUT2D eigenvalue weighted by Crippen LogP contribution is -1.99. The molecular formula is C15H19N3O. The van der Waals surface area contributed by atoms with Crippen LogP contribution in [0.2, 0.25) is 0 Å². The molecule has 2 rings (SSSR count). The predicted molar refractivity (Wildman–Crippen MR) is 77.6 cm³/mol. The summed E-state index contributed by atoms with van der Waals surface area (Å²) in [5.41, 5.74) is 4.47. The van der Waals surface area contributed by atoms with E-state index >= 15 is 0 Å². The quantitative estimate of drug-likeness (QED) is 0.788. The SMILES string of the molecule is CCn1c(C)cc(C=Nc2ccc(OC)nc2)c1C. The van der Waals surface area contributed by atoms with Gasteiger partial charge >= 0.3 is 0 Å². The largest absolute Gasteiger partial charge is 0.481 e. The smallest absolute Gasteiger partial charge is 0.213 e. The fraction of sp³-hybridized carbons (Fsp3) is 0.333. The third kappa shape index (κ3) is 2.84. The highest BCUT2D eigenvalue weighted by Crippen LogP contribution is 2.16. The van der Waals surface area contributed by atoms with Crippen LogP contribution >= 0.6 is 0 Å². The summed E-state index contributed by atoms with van der Waals surface area (Å²) in [6.07, 6.45) is 3.59. The van der Waals surface area contributed by atoms with Gasteiger partial charge in [-0.1, -0.05) is 0 Å². The van der Waals surface area contributed by atoms with Gasteiger partial charge in [0.1, 0.15) is 0 Å². The van der Waals surface area contributed by atoms with Crippen LogP contribution in [0.15, 0.2) is 29.4 Å². The molecular weight excluding hydrogens is 238 g/mol. The lowest BCUT2D eigenvalue weighted by molar-refractivity contribution is 0.398. The molecule has 0 amide bonds. The second-order valence-electron chi connectivity index (χ2n) is 4.39. The minimum absolute atomic E-state index is 0.600. The highest BCUT2D eigenvalue weighted by Gasteiger charge is 2.05. The number of aryl methyl sites for hydroxylation is 1. The molecule has 2 heterocycles. The molecule has 4 heteroatoms. The highest BCUT2D eigenvalue weighted by atomic mass is 16.5. The van der Waals surface area contributed by atoms with Crippen molar-refractivity contribution < 1.29 is 4.74 Å². The molecule has 100 valence electrons. The Labute approximate surface area is 113 Å². The summed E-state index contributed by atoms with van der Waals surface area (Å²) in [6, 6.07) is 5.85. The minimum atomic E-state index is 0.600. The lowest BCUT2D eigenvalue weighted by atomic mass is 10.2. The summed E-state index contributed by atoms with van der Waals surface area (Å²) in [6.45, 7) is 7.36. The average molecular weight is 257 g/mol. The molecule has 0 fully saturated rings. The topological polar surface area (TPSA) is 39.4 Å². The highest BCUT2D eigenvalue weighted by molar-refractivity contribution is 5.83. The van der Waals surface area contributed by atoms with Crippen molar-refractivity contribution in [1.29, 1.82) is 0 Å². The summed E-state index contributed by atoms with van der Waals surface area (Å²) in [4.78, 5) is 8.57. The van der Waals surface area contributed by atoms with E-state index in [0.29, 0.717) is 5.88 Å². The van der Waals surface area contributed by atoms with Gasteiger partial charge in [0.25, 0.3) is 0 Å². The molecule has 19 heavy (non-hydrogen) atoms. The van der Waals surface area contributed by atoms with Crippen LogP contribution in [0, 0.1) is 13.8 Å². The van der Waals surface area contributed by atoms with Crippen LogP contribution in [-0.2, 0) is 6.54 Å². The molecule has 0 N–H and O–H groups in total. The van der Waals surface area contributed by atoms with E-state index < -0.39 is 0 Å². The molecule has 2 aromatic rings. The molecule has 0 aromatic carbocycles. The fourth-order valence-electron chi connectivity index (χ4n) is 2.16. The summed E-state index contributed by atoms with van der Waals surface area (Å²) >= 11 is 0. The van der Waals surface area contributed by atoms with Crippen LogP contribution in [0.5, 0.6) is 5.88 Å². The Morgan fingerprint density at radius 2 is 2.16 bits per heavy atom. The summed E-state index contributed by atoms with van der Waals surface area (Å²) in [5, 5.41) is 0. The first-order valence-electron chi connectivity index (χ1n) is 6.36. The number of rotatable bonds is 4. The summed E-state index contributed by atoms with van der Waals surface area (Å²) in [5.74, 6) is 0.600. The number of hydrogen-bond acceptors (Lipinski definition) is 3. The molecule has 0 spiro atoms. The minimum Gasteiger partial charge on any atom is -0.481 e. The van der Waals surface area contributed by atoms with Crippen molar-refractivity contribution >= 4 is 11.9 Å². The first kappa shape index (κ1) is 13.3. The predicted octanol–water partition coefficient (Wildman–Crippen LogP) is 3.28. The molecule has 0 aliphatic rings. The Balaban J connectivity index is 2.22. The zero-order chi connectivity index (χ0) is 13.8. The molecule has 0 bridgehead atoms. The first-order valence-corrected chi connectivity index (χ1v) is 6.36. The third-order valence-corrected chi connectivity index (χ3v) is 3.21. The first-order chi connectivity index (χ1) is 9.15. The maximum Gasteiger partial charge on any atom is 0.213 e. The van der Waals surface area contributed by atoms with Crippen molar-refractivity contribution in [2.24, 2.45) is 4.99 Å². The number of nitrogens with zero attached hydrogens (tertiary/aromatic N) is 3. The Kier molecular flexibility index (Phi) is 4.00. The van der Waals surface area contributed by atoms with Crippen molar-refractivity contribution in [3.8, 4) is 5.88 Å². The van der Waals surface area contributed by atoms with Crippen LogP contribution in [0.25, 0.3) is 0 Å². The number of pyridine rings is 1. The maximum absolute atomic E-state index is 5.02. The van der Waals surface area contributed by atoms with Crippen molar-refractivity contribution in [1.82, 2.24) is 9.55 Å². The van der Waals surface area contributed by atoms with Gasteiger partial charge in [-0.15, -0.1) is 0 Å². The molecule has 0 radical (unpaired) electrons. The normalized spacial score (nSPS) is 11.2. The Hall–Kier alpha value is -2.10. The molecule has 2 aromatic heterocycles. The lowest BCUT2D eigenvalue weighted by Gasteiger charge is -2.04. The van der Waals surface area contributed by atoms with E-state index in [1.807, 2.05) is 18.3 Å². The molecule has 0 saturated heterocycles. The van der Waals surface area contributed by atoms with Gasteiger partial charge in [0.15, 0.2) is 0 Å². The number of aromatic nitrogens is 2. The van der Waals surface area contributed by atoms with Gasteiger partial charge in [-0.2, -0.15) is 0 Å². The van der Waals surface area contributed by atoms with Gasteiger partial charge in [0.2, 0.25) is 5.88 Å². The van der Waals surface area contributed by atoms with E-state index in [9.17, 15) is 0 Å². The van der Waals surface area contributed by atoms with Gasteiger partial charge in [0, 0.05) is 35.8 Å². The molecule has 0 saturated carbocycles. The second kappa shape index (κ2) is 5.69. The van der Waals surface area contributed by atoms with E-state index in [0.717, 1.165) is 17.8 Å². The van der Waals surface area contributed by atoms with Crippen LogP contribution in [0.4, 0.5) is 5.69 Å². The van der Waals surface area contributed by atoms with Gasteiger partial charge in [-0.05, 0) is 32.9 Å². The van der Waals surface area contributed by atoms with E-state index in [4.69, 9.17) is 4.74 Å². The van der Waals surface area contributed by atoms with Gasteiger partial charge in [-0.3, -0.25) is 4.99 Å². The fourth-order valence-corrected chi connectivity index (χ4v) is 2.16. The Morgan fingerprint density at radius 3 is 2.68 bits per heavy atom. The zero-order valence-corrected chi connectivity index (χ0v) is 11.8. The second-order valence-corrected chi connectivity index (χ2v) is 4.39. The van der Waals surface area contributed by atoms with Crippen molar-refractivity contribution in [2.75, 3.05) is 7.11 Å².